The van der Waals surface area contributed by atoms with Crippen molar-refractivity contribution in [3.8, 4) is 5.75 Å². The number of aryl methyl sites for hydroxylation is 1. The number of hydrogen-bond donors (Lipinski definition) is 1. The number of sulfonamides is 1. The summed E-state index contributed by atoms with van der Waals surface area (Å²) >= 11 is 0. The van der Waals surface area contributed by atoms with Crippen molar-refractivity contribution in [2.45, 2.75) is 57.6 Å². The Hall–Kier alpha value is -3.85. The highest BCUT2D eigenvalue weighted by Gasteiger charge is 2.33. The highest BCUT2D eigenvalue weighted by molar-refractivity contribution is 7.92. The number of methoxy groups -OCH3 is 1. The Morgan fingerprint density at radius 3 is 2.15 bits per heavy atom. The van der Waals surface area contributed by atoms with Gasteiger partial charge in [-0.2, -0.15) is 0 Å². The molecule has 39 heavy (non-hydrogen) atoms. The third-order valence-corrected chi connectivity index (χ3v) is 7.86. The standard InChI is InChI=1S/C30H37N3O5S/c1-22-11-10-12-24(19-22)20-32(23(2)29(35)31-30(3,4)5)28(34)21-33(25-15-17-26(38-6)18-16-25)39(36,37)27-13-8-7-9-14-27/h7-19,23H,20-21H2,1-6H3,(H,31,35). The summed E-state index contributed by atoms with van der Waals surface area (Å²) in [6, 6.07) is 21.2. The van der Waals surface area contributed by atoms with Gasteiger partial charge in [-0.1, -0.05) is 48.0 Å². The maximum Gasteiger partial charge on any atom is 0.264 e. The molecule has 0 aliphatic rings. The molecule has 0 radical (unpaired) electrons. The first-order valence-electron chi connectivity index (χ1n) is 12.7. The van der Waals surface area contributed by atoms with E-state index in [9.17, 15) is 18.0 Å². The number of amides is 2. The van der Waals surface area contributed by atoms with E-state index in [0.717, 1.165) is 15.4 Å². The van der Waals surface area contributed by atoms with Gasteiger partial charge in [0.15, 0.2) is 0 Å². The summed E-state index contributed by atoms with van der Waals surface area (Å²) in [5, 5.41) is 2.93. The smallest absolute Gasteiger partial charge is 0.264 e. The Morgan fingerprint density at radius 2 is 1.59 bits per heavy atom. The Morgan fingerprint density at radius 1 is 0.949 bits per heavy atom. The third kappa shape index (κ3) is 7.83. The van der Waals surface area contributed by atoms with Gasteiger partial charge in [0.05, 0.1) is 17.7 Å². The molecule has 0 spiro atoms. The van der Waals surface area contributed by atoms with Crippen molar-refractivity contribution in [2.24, 2.45) is 0 Å². The van der Waals surface area contributed by atoms with Gasteiger partial charge in [0, 0.05) is 12.1 Å². The van der Waals surface area contributed by atoms with Crippen LogP contribution in [0.3, 0.4) is 0 Å². The first-order chi connectivity index (χ1) is 18.3. The topological polar surface area (TPSA) is 96.0 Å². The lowest BCUT2D eigenvalue weighted by Gasteiger charge is -2.33. The van der Waals surface area contributed by atoms with Crippen LogP contribution in [0.1, 0.15) is 38.8 Å². The zero-order chi connectivity index (χ0) is 28.8. The highest BCUT2D eigenvalue weighted by Crippen LogP contribution is 2.26. The molecular weight excluding hydrogens is 514 g/mol. The maximum absolute atomic E-state index is 13.9. The second-order valence-corrected chi connectivity index (χ2v) is 12.3. The summed E-state index contributed by atoms with van der Waals surface area (Å²) in [5.41, 5.74) is 1.64. The van der Waals surface area contributed by atoms with Gasteiger partial charge in [0.1, 0.15) is 18.3 Å². The molecule has 3 aromatic rings. The number of ether oxygens (including phenoxy) is 1. The Balaban J connectivity index is 2.03. The second-order valence-electron chi connectivity index (χ2n) is 10.4. The van der Waals surface area contributed by atoms with Crippen LogP contribution in [0.5, 0.6) is 5.75 Å². The molecule has 0 aliphatic carbocycles. The van der Waals surface area contributed by atoms with E-state index in [0.29, 0.717) is 11.4 Å². The molecule has 8 nitrogen and oxygen atoms in total. The average Bonchev–Trinajstić information content (AvgIpc) is 2.89. The fraction of sp³-hybridized carbons (Fsp3) is 0.333. The van der Waals surface area contributed by atoms with E-state index in [-0.39, 0.29) is 17.3 Å². The minimum absolute atomic E-state index is 0.0531. The van der Waals surface area contributed by atoms with E-state index < -0.39 is 34.1 Å². The van der Waals surface area contributed by atoms with Crippen molar-refractivity contribution in [1.82, 2.24) is 10.2 Å². The molecule has 3 aromatic carbocycles. The summed E-state index contributed by atoms with van der Waals surface area (Å²) in [4.78, 5) is 28.6. The zero-order valence-electron chi connectivity index (χ0n) is 23.3. The molecular formula is C30H37N3O5S. The SMILES string of the molecule is COc1ccc(N(CC(=O)N(Cc2cccc(C)c2)C(C)C(=O)NC(C)(C)C)S(=O)(=O)c2ccccc2)cc1. The molecule has 9 heteroatoms. The predicted octanol–water partition coefficient (Wildman–Crippen LogP) is 4.53. The van der Waals surface area contributed by atoms with Gasteiger partial charge in [-0.05, 0) is 76.6 Å². The van der Waals surface area contributed by atoms with Crippen LogP contribution in [0.2, 0.25) is 0 Å². The van der Waals surface area contributed by atoms with Gasteiger partial charge in [-0.3, -0.25) is 13.9 Å². The molecule has 3 rings (SSSR count). The molecule has 2 amide bonds. The predicted molar refractivity (Wildman–Crippen MR) is 153 cm³/mol. The highest BCUT2D eigenvalue weighted by atomic mass is 32.2. The largest absolute Gasteiger partial charge is 0.497 e. The van der Waals surface area contributed by atoms with Crippen LogP contribution in [0, 0.1) is 6.92 Å². The lowest BCUT2D eigenvalue weighted by atomic mass is 10.1. The summed E-state index contributed by atoms with van der Waals surface area (Å²) < 4.78 is 33.9. The normalized spacial score (nSPS) is 12.4. The Labute approximate surface area is 231 Å². The molecule has 0 bridgehead atoms. The number of nitrogens with zero attached hydrogens (tertiary/aromatic N) is 2. The van der Waals surface area contributed by atoms with Gasteiger partial charge in [-0.25, -0.2) is 8.42 Å². The maximum atomic E-state index is 13.9. The number of rotatable bonds is 10. The lowest BCUT2D eigenvalue weighted by Crippen LogP contribution is -2.54. The van der Waals surface area contributed by atoms with Gasteiger partial charge < -0.3 is 15.0 Å². The van der Waals surface area contributed by atoms with Crippen molar-refractivity contribution in [3.05, 3.63) is 90.0 Å². The van der Waals surface area contributed by atoms with Gasteiger partial charge in [0.2, 0.25) is 11.8 Å². The summed E-state index contributed by atoms with van der Waals surface area (Å²) in [6.45, 7) is 8.83. The van der Waals surface area contributed by atoms with Crippen LogP contribution < -0.4 is 14.4 Å². The van der Waals surface area contributed by atoms with E-state index in [2.05, 4.69) is 5.32 Å². The Bertz CT molecular complexity index is 1380. The zero-order valence-corrected chi connectivity index (χ0v) is 24.2. The number of carbonyl (C=O) groups is 2. The van der Waals surface area contributed by atoms with E-state index in [1.54, 1.807) is 49.4 Å². The summed E-state index contributed by atoms with van der Waals surface area (Å²) in [5.74, 6) is -0.288. The van der Waals surface area contributed by atoms with Crippen LogP contribution in [-0.2, 0) is 26.2 Å². The molecule has 0 heterocycles. The summed E-state index contributed by atoms with van der Waals surface area (Å²) in [6.07, 6.45) is 0. The number of hydrogen-bond acceptors (Lipinski definition) is 5. The van der Waals surface area contributed by atoms with Crippen LogP contribution in [0.4, 0.5) is 5.69 Å². The van der Waals surface area contributed by atoms with E-state index in [1.807, 2.05) is 52.0 Å². The van der Waals surface area contributed by atoms with Crippen molar-refractivity contribution < 1.29 is 22.7 Å². The number of carbonyl (C=O) groups excluding carboxylic acids is 2. The fourth-order valence-electron chi connectivity index (χ4n) is 4.06. The number of benzene rings is 3. The van der Waals surface area contributed by atoms with Crippen molar-refractivity contribution in [3.63, 3.8) is 0 Å². The van der Waals surface area contributed by atoms with Crippen LogP contribution in [0.15, 0.2) is 83.8 Å². The van der Waals surface area contributed by atoms with Crippen LogP contribution in [0.25, 0.3) is 0 Å². The van der Waals surface area contributed by atoms with Crippen molar-refractivity contribution in [2.75, 3.05) is 18.0 Å². The van der Waals surface area contributed by atoms with Gasteiger partial charge >= 0.3 is 0 Å². The first kappa shape index (κ1) is 29.7. The average molecular weight is 552 g/mol. The van der Waals surface area contributed by atoms with E-state index in [1.165, 1.54) is 24.1 Å². The number of nitrogens with one attached hydrogen (secondary N) is 1. The first-order valence-corrected chi connectivity index (χ1v) is 14.1. The molecule has 1 unspecified atom stereocenters. The van der Waals surface area contributed by atoms with Crippen LogP contribution in [-0.4, -0.2) is 50.4 Å². The third-order valence-electron chi connectivity index (χ3n) is 6.07. The second kappa shape index (κ2) is 12.3. The summed E-state index contributed by atoms with van der Waals surface area (Å²) in [7, 11) is -2.59. The van der Waals surface area contributed by atoms with E-state index >= 15 is 0 Å². The molecule has 0 aromatic heterocycles. The van der Waals surface area contributed by atoms with Crippen LogP contribution >= 0.6 is 0 Å². The monoisotopic (exact) mass is 551 g/mol. The number of anilines is 1. The van der Waals surface area contributed by atoms with Gasteiger partial charge in [0.25, 0.3) is 10.0 Å². The molecule has 0 saturated carbocycles. The quantitative estimate of drug-likeness (QED) is 0.399. The lowest BCUT2D eigenvalue weighted by molar-refractivity contribution is -0.140. The minimum atomic E-state index is -4.11. The fourth-order valence-corrected chi connectivity index (χ4v) is 5.50. The molecule has 0 saturated heterocycles. The van der Waals surface area contributed by atoms with Crippen molar-refractivity contribution >= 4 is 27.5 Å². The molecule has 0 fully saturated rings. The molecule has 0 aliphatic heterocycles. The van der Waals surface area contributed by atoms with E-state index in [4.69, 9.17) is 4.74 Å². The van der Waals surface area contributed by atoms with Gasteiger partial charge in [-0.15, -0.1) is 0 Å². The molecule has 208 valence electrons. The Kier molecular flexibility index (Phi) is 9.40. The van der Waals surface area contributed by atoms with Crippen molar-refractivity contribution in [1.29, 1.82) is 0 Å². The minimum Gasteiger partial charge on any atom is -0.497 e. The molecule has 1 N–H and O–H groups in total. The molecule has 1 atom stereocenters.